The van der Waals surface area contributed by atoms with Crippen molar-refractivity contribution in [2.24, 2.45) is 11.8 Å². The zero-order valence-electron chi connectivity index (χ0n) is 7.66. The van der Waals surface area contributed by atoms with Crippen molar-refractivity contribution in [2.75, 3.05) is 6.61 Å². The molecule has 1 aliphatic rings. The van der Waals surface area contributed by atoms with Gasteiger partial charge in [0.05, 0.1) is 18.4 Å². The van der Waals surface area contributed by atoms with E-state index in [2.05, 4.69) is 0 Å². The van der Waals surface area contributed by atoms with E-state index in [9.17, 15) is 9.59 Å². The van der Waals surface area contributed by atoms with Gasteiger partial charge in [-0.15, -0.1) is 0 Å². The van der Waals surface area contributed by atoms with Gasteiger partial charge in [0.25, 0.3) is 0 Å². The van der Waals surface area contributed by atoms with Gasteiger partial charge in [0.1, 0.15) is 0 Å². The quantitative estimate of drug-likeness (QED) is 0.669. The van der Waals surface area contributed by atoms with Crippen LogP contribution in [-0.2, 0) is 14.3 Å². The molecule has 2 atom stereocenters. The van der Waals surface area contributed by atoms with E-state index < -0.39 is 17.8 Å². The molecule has 1 saturated carbocycles. The monoisotopic (exact) mass is 186 g/mol. The topological polar surface area (TPSA) is 63.6 Å². The van der Waals surface area contributed by atoms with Gasteiger partial charge in [-0.05, 0) is 19.8 Å². The van der Waals surface area contributed by atoms with Gasteiger partial charge in [-0.2, -0.15) is 0 Å². The molecule has 0 amide bonds. The number of hydrogen-bond acceptors (Lipinski definition) is 3. The number of aliphatic carboxylic acids is 1. The number of rotatable bonds is 3. The molecule has 1 N–H and O–H groups in total. The Hall–Kier alpha value is -1.06. The molecule has 0 aromatic carbocycles. The Bertz CT molecular complexity index is 212. The third-order valence-corrected chi connectivity index (χ3v) is 2.42. The summed E-state index contributed by atoms with van der Waals surface area (Å²) < 4.78 is 4.80. The van der Waals surface area contributed by atoms with Gasteiger partial charge in [0.15, 0.2) is 0 Å². The minimum Gasteiger partial charge on any atom is -0.481 e. The summed E-state index contributed by atoms with van der Waals surface area (Å²) >= 11 is 0. The van der Waals surface area contributed by atoms with E-state index in [-0.39, 0.29) is 5.97 Å². The van der Waals surface area contributed by atoms with Crippen molar-refractivity contribution >= 4 is 11.9 Å². The highest BCUT2D eigenvalue weighted by Crippen LogP contribution is 2.32. The fourth-order valence-corrected chi connectivity index (χ4v) is 1.79. The fourth-order valence-electron chi connectivity index (χ4n) is 1.79. The van der Waals surface area contributed by atoms with Crippen LogP contribution in [0.1, 0.15) is 26.2 Å². The molecular formula is C9H14O4. The van der Waals surface area contributed by atoms with Crippen LogP contribution in [0.25, 0.3) is 0 Å². The van der Waals surface area contributed by atoms with Crippen molar-refractivity contribution in [2.45, 2.75) is 26.2 Å². The number of carbonyl (C=O) groups is 2. The molecule has 0 saturated heterocycles. The zero-order valence-corrected chi connectivity index (χ0v) is 7.66. The Kier molecular flexibility index (Phi) is 3.28. The van der Waals surface area contributed by atoms with Crippen LogP contribution in [0.3, 0.4) is 0 Å². The van der Waals surface area contributed by atoms with Crippen LogP contribution >= 0.6 is 0 Å². The number of esters is 1. The number of hydrogen-bond donors (Lipinski definition) is 1. The molecule has 0 aromatic heterocycles. The highest BCUT2D eigenvalue weighted by Gasteiger charge is 2.38. The average Bonchev–Trinajstić information content (AvgIpc) is 2.52. The predicted octanol–water partition coefficient (Wildman–Crippen LogP) is 1.05. The summed E-state index contributed by atoms with van der Waals surface area (Å²) in [5.74, 6) is -2.18. The molecule has 0 bridgehead atoms. The first kappa shape index (κ1) is 10.0. The van der Waals surface area contributed by atoms with E-state index in [1.54, 1.807) is 6.92 Å². The van der Waals surface area contributed by atoms with E-state index in [0.29, 0.717) is 19.4 Å². The maximum Gasteiger partial charge on any atom is 0.309 e. The Morgan fingerprint density at radius 2 is 2.00 bits per heavy atom. The molecule has 1 rings (SSSR count). The predicted molar refractivity (Wildman–Crippen MR) is 45.1 cm³/mol. The van der Waals surface area contributed by atoms with Crippen molar-refractivity contribution in [3.63, 3.8) is 0 Å². The van der Waals surface area contributed by atoms with Gasteiger partial charge < -0.3 is 9.84 Å². The van der Waals surface area contributed by atoms with Gasteiger partial charge in [0.2, 0.25) is 0 Å². The molecule has 4 heteroatoms. The van der Waals surface area contributed by atoms with Crippen molar-refractivity contribution in [3.05, 3.63) is 0 Å². The smallest absolute Gasteiger partial charge is 0.309 e. The molecule has 0 spiro atoms. The highest BCUT2D eigenvalue weighted by molar-refractivity contribution is 5.81. The first-order chi connectivity index (χ1) is 6.16. The van der Waals surface area contributed by atoms with Crippen molar-refractivity contribution in [3.8, 4) is 0 Å². The van der Waals surface area contributed by atoms with Crippen molar-refractivity contribution in [1.82, 2.24) is 0 Å². The normalized spacial score (nSPS) is 27.2. The average molecular weight is 186 g/mol. The Morgan fingerprint density at radius 3 is 2.54 bits per heavy atom. The molecular weight excluding hydrogens is 172 g/mol. The Balaban J connectivity index is 2.57. The summed E-state index contributed by atoms with van der Waals surface area (Å²) in [6.07, 6.45) is 2.05. The van der Waals surface area contributed by atoms with Gasteiger partial charge >= 0.3 is 11.9 Å². The number of carbonyl (C=O) groups excluding carboxylic acids is 1. The van der Waals surface area contributed by atoms with Crippen molar-refractivity contribution in [1.29, 1.82) is 0 Å². The first-order valence-corrected chi connectivity index (χ1v) is 4.56. The standard InChI is InChI=1S/C9H14O4/c1-2-13-9(12)7-5-3-4-6(7)8(10)11/h6-7H,2-5H2,1H3,(H,10,11)/t6-,7-/m1/s1. The lowest BCUT2D eigenvalue weighted by molar-refractivity contribution is -0.156. The third kappa shape index (κ3) is 2.20. The summed E-state index contributed by atoms with van der Waals surface area (Å²) in [7, 11) is 0. The maximum absolute atomic E-state index is 11.3. The van der Waals surface area contributed by atoms with Crippen LogP contribution in [0.15, 0.2) is 0 Å². The largest absolute Gasteiger partial charge is 0.481 e. The molecule has 1 aliphatic carbocycles. The van der Waals surface area contributed by atoms with Crippen LogP contribution in [0, 0.1) is 11.8 Å². The van der Waals surface area contributed by atoms with E-state index in [0.717, 1.165) is 6.42 Å². The van der Waals surface area contributed by atoms with Gasteiger partial charge in [-0.1, -0.05) is 6.42 Å². The summed E-state index contributed by atoms with van der Waals surface area (Å²) in [6.45, 7) is 2.05. The summed E-state index contributed by atoms with van der Waals surface area (Å²) in [5.41, 5.74) is 0. The Morgan fingerprint density at radius 1 is 1.38 bits per heavy atom. The molecule has 0 unspecified atom stereocenters. The van der Waals surface area contributed by atoms with Crippen LogP contribution in [-0.4, -0.2) is 23.7 Å². The Labute approximate surface area is 76.9 Å². The summed E-state index contributed by atoms with van der Waals surface area (Å²) in [6, 6.07) is 0. The van der Waals surface area contributed by atoms with Crippen molar-refractivity contribution < 1.29 is 19.4 Å². The van der Waals surface area contributed by atoms with Gasteiger partial charge in [-0.3, -0.25) is 9.59 Å². The SMILES string of the molecule is CCOC(=O)[C@@H]1CCC[C@H]1C(=O)O. The van der Waals surface area contributed by atoms with Gasteiger partial charge in [0, 0.05) is 0 Å². The fraction of sp³-hybridized carbons (Fsp3) is 0.778. The molecule has 0 aliphatic heterocycles. The molecule has 74 valence electrons. The van der Waals surface area contributed by atoms with E-state index in [1.165, 1.54) is 0 Å². The second-order valence-electron chi connectivity index (χ2n) is 3.23. The molecule has 1 fully saturated rings. The minimum atomic E-state index is -0.879. The number of carboxylic acid groups (broad SMARTS) is 1. The van der Waals surface area contributed by atoms with Crippen LogP contribution in [0.4, 0.5) is 0 Å². The molecule has 0 aromatic rings. The summed E-state index contributed by atoms with van der Waals surface area (Å²) in [4.78, 5) is 22.0. The lowest BCUT2D eigenvalue weighted by atomic mass is 9.96. The van der Waals surface area contributed by atoms with E-state index in [4.69, 9.17) is 9.84 Å². The first-order valence-electron chi connectivity index (χ1n) is 4.56. The molecule has 0 radical (unpaired) electrons. The summed E-state index contributed by atoms with van der Waals surface area (Å²) in [5, 5.41) is 8.79. The molecule has 13 heavy (non-hydrogen) atoms. The van der Waals surface area contributed by atoms with Crippen LogP contribution in [0.5, 0.6) is 0 Å². The van der Waals surface area contributed by atoms with E-state index >= 15 is 0 Å². The molecule has 0 heterocycles. The second kappa shape index (κ2) is 4.25. The van der Waals surface area contributed by atoms with Crippen LogP contribution < -0.4 is 0 Å². The lowest BCUT2D eigenvalue weighted by Crippen LogP contribution is -2.26. The maximum atomic E-state index is 11.3. The zero-order chi connectivity index (χ0) is 9.84. The van der Waals surface area contributed by atoms with Gasteiger partial charge in [-0.25, -0.2) is 0 Å². The number of carboxylic acids is 1. The number of ether oxygens (including phenoxy) is 1. The van der Waals surface area contributed by atoms with Crippen LogP contribution in [0.2, 0.25) is 0 Å². The minimum absolute atomic E-state index is 0.321. The highest BCUT2D eigenvalue weighted by atomic mass is 16.5. The lowest BCUT2D eigenvalue weighted by Gasteiger charge is -2.13. The second-order valence-corrected chi connectivity index (χ2v) is 3.23. The molecule has 4 nitrogen and oxygen atoms in total. The third-order valence-electron chi connectivity index (χ3n) is 2.42. The van der Waals surface area contributed by atoms with E-state index in [1.807, 2.05) is 0 Å².